The Kier molecular flexibility index (Phi) is 5.36. The number of hydrogen-bond donors (Lipinski definition) is 2. The fraction of sp³-hybridized carbons (Fsp3) is 0.214. The number of nitrogens with zero attached hydrogens (tertiary/aromatic N) is 2. The summed E-state index contributed by atoms with van der Waals surface area (Å²) >= 11 is 1.31. The van der Waals surface area contributed by atoms with Gasteiger partial charge in [-0.2, -0.15) is 0 Å². The minimum Gasteiger partial charge on any atom is -0.497 e. The summed E-state index contributed by atoms with van der Waals surface area (Å²) in [6, 6.07) is 22.2. The van der Waals surface area contributed by atoms with Gasteiger partial charge in [0.15, 0.2) is 5.13 Å². The zero-order valence-corrected chi connectivity index (χ0v) is 20.8. The maximum atomic E-state index is 13.8. The van der Waals surface area contributed by atoms with Gasteiger partial charge in [-0.05, 0) is 28.8 Å². The number of nitro groups is 1. The van der Waals surface area contributed by atoms with Crippen LogP contribution in [0, 0.1) is 10.1 Å². The van der Waals surface area contributed by atoms with Crippen LogP contribution in [0.5, 0.6) is 5.75 Å². The summed E-state index contributed by atoms with van der Waals surface area (Å²) < 4.78 is 5.21. The summed E-state index contributed by atoms with van der Waals surface area (Å²) in [6.45, 7) is 0. The van der Waals surface area contributed by atoms with Crippen LogP contribution >= 0.6 is 11.3 Å². The molecule has 7 rings (SSSR count). The molecule has 2 bridgehead atoms. The smallest absolute Gasteiger partial charge is 0.274 e. The minimum absolute atomic E-state index is 0.137. The number of anilines is 1. The highest BCUT2D eigenvalue weighted by molar-refractivity contribution is 7.13. The predicted molar refractivity (Wildman–Crippen MR) is 141 cm³/mol. The summed E-state index contributed by atoms with van der Waals surface area (Å²) in [5.41, 5.74) is 8.29. The van der Waals surface area contributed by atoms with Crippen molar-refractivity contribution in [1.82, 2.24) is 4.98 Å². The quantitative estimate of drug-likeness (QED) is 0.291. The van der Waals surface area contributed by atoms with Gasteiger partial charge in [0.05, 0.1) is 19.2 Å². The molecule has 0 saturated heterocycles. The summed E-state index contributed by atoms with van der Waals surface area (Å²) in [6.07, 6.45) is 0.458. The van der Waals surface area contributed by atoms with E-state index in [9.17, 15) is 14.9 Å². The maximum absolute atomic E-state index is 13.8. The second kappa shape index (κ2) is 8.50. The first-order chi connectivity index (χ1) is 17.9. The van der Waals surface area contributed by atoms with Crippen molar-refractivity contribution in [1.29, 1.82) is 0 Å². The van der Waals surface area contributed by atoms with E-state index in [0.717, 1.165) is 28.1 Å². The molecule has 1 heterocycles. The molecule has 1 unspecified atom stereocenters. The topological polar surface area (TPSA) is 120 Å². The van der Waals surface area contributed by atoms with Crippen molar-refractivity contribution in [3.8, 4) is 5.75 Å². The van der Waals surface area contributed by atoms with Gasteiger partial charge in [-0.25, -0.2) is 4.98 Å². The average Bonchev–Trinajstić information content (AvgIpc) is 3.35. The predicted octanol–water partition coefficient (Wildman–Crippen LogP) is 4.45. The van der Waals surface area contributed by atoms with Gasteiger partial charge in [-0.1, -0.05) is 60.7 Å². The lowest BCUT2D eigenvalue weighted by molar-refractivity contribution is -0.571. The van der Waals surface area contributed by atoms with Crippen molar-refractivity contribution in [2.24, 2.45) is 5.73 Å². The number of hydrogen-bond acceptors (Lipinski definition) is 7. The molecule has 3 N–H and O–H groups in total. The maximum Gasteiger partial charge on any atom is 0.274 e. The molecule has 0 saturated carbocycles. The van der Waals surface area contributed by atoms with Crippen LogP contribution in [0.25, 0.3) is 0 Å². The number of amides is 1. The molecule has 8 nitrogen and oxygen atoms in total. The number of carbonyl (C=O) groups excluding carboxylic acids is 1. The monoisotopic (exact) mass is 512 g/mol. The van der Waals surface area contributed by atoms with Crippen LogP contribution in [0.4, 0.5) is 5.13 Å². The average molecular weight is 513 g/mol. The molecule has 0 radical (unpaired) electrons. The molecule has 3 aliphatic carbocycles. The van der Waals surface area contributed by atoms with Crippen molar-refractivity contribution in [2.75, 3.05) is 12.4 Å². The summed E-state index contributed by atoms with van der Waals surface area (Å²) in [4.78, 5) is 30.8. The third-order valence-corrected chi connectivity index (χ3v) is 8.36. The van der Waals surface area contributed by atoms with Crippen molar-refractivity contribution in [2.45, 2.75) is 29.8 Å². The highest BCUT2D eigenvalue weighted by Gasteiger charge is 2.67. The lowest BCUT2D eigenvalue weighted by atomic mass is 9.52. The number of ether oxygens (including phenoxy) is 1. The first-order valence-electron chi connectivity index (χ1n) is 11.9. The van der Waals surface area contributed by atoms with Crippen LogP contribution in [0.3, 0.4) is 0 Å². The Labute approximate surface area is 217 Å². The van der Waals surface area contributed by atoms with E-state index >= 15 is 0 Å². The minimum atomic E-state index is -1.60. The molecule has 1 atom stereocenters. The molecule has 37 heavy (non-hydrogen) atoms. The Morgan fingerprint density at radius 3 is 2.32 bits per heavy atom. The number of carbonyl (C=O) groups is 1. The zero-order valence-electron chi connectivity index (χ0n) is 20.0. The van der Waals surface area contributed by atoms with Gasteiger partial charge in [-0.3, -0.25) is 14.9 Å². The second-order valence-electron chi connectivity index (χ2n) is 9.57. The fourth-order valence-electron chi connectivity index (χ4n) is 5.92. The van der Waals surface area contributed by atoms with E-state index in [2.05, 4.69) is 10.3 Å². The summed E-state index contributed by atoms with van der Waals surface area (Å²) in [5, 5.41) is 17.9. The van der Waals surface area contributed by atoms with Crippen molar-refractivity contribution < 1.29 is 14.5 Å². The molecule has 186 valence electrons. The van der Waals surface area contributed by atoms with Crippen LogP contribution in [-0.2, 0) is 16.8 Å². The second-order valence-corrected chi connectivity index (χ2v) is 10.4. The number of benzene rings is 3. The number of fused-ring (bicyclic) bond motifs is 1. The number of nitrogens with one attached hydrogen (secondary N) is 1. The lowest BCUT2D eigenvalue weighted by Gasteiger charge is -2.51. The van der Waals surface area contributed by atoms with Crippen molar-refractivity contribution >= 4 is 22.4 Å². The molecular weight excluding hydrogens is 488 g/mol. The van der Waals surface area contributed by atoms with Crippen LogP contribution in [-0.4, -0.2) is 28.5 Å². The van der Waals surface area contributed by atoms with Gasteiger partial charge >= 0.3 is 0 Å². The number of nitrogens with two attached hydrogens (primary N) is 1. The molecule has 0 aliphatic heterocycles. The third-order valence-electron chi connectivity index (χ3n) is 7.55. The Hall–Kier alpha value is -4.08. The van der Waals surface area contributed by atoms with Crippen molar-refractivity contribution in [3.63, 3.8) is 0 Å². The van der Waals surface area contributed by atoms with Gasteiger partial charge in [0.1, 0.15) is 11.3 Å². The highest BCUT2D eigenvalue weighted by Crippen LogP contribution is 2.59. The molecule has 3 aliphatic rings. The SMILES string of the molecule is COc1ccc(Cc2csc(NC(=O)C3(N)CC4([N+](=O)[O-])c5ccccc5C3c3ccccc34)n2)cc1. The third kappa shape index (κ3) is 3.46. The number of thiazole rings is 1. The van der Waals surface area contributed by atoms with Gasteiger partial charge in [-0.15, -0.1) is 11.3 Å². The molecule has 1 aromatic heterocycles. The van der Waals surface area contributed by atoms with Crippen LogP contribution < -0.4 is 15.8 Å². The Morgan fingerprint density at radius 2 is 1.73 bits per heavy atom. The van der Waals surface area contributed by atoms with E-state index in [1.165, 1.54) is 11.3 Å². The van der Waals surface area contributed by atoms with Crippen LogP contribution in [0.1, 0.15) is 45.8 Å². The van der Waals surface area contributed by atoms with Gasteiger partial charge < -0.3 is 15.8 Å². The van der Waals surface area contributed by atoms with Crippen LogP contribution in [0.15, 0.2) is 78.2 Å². The van der Waals surface area contributed by atoms with Gasteiger partial charge in [0.2, 0.25) is 5.91 Å². The normalized spacial score (nSPS) is 23.1. The Morgan fingerprint density at radius 1 is 1.11 bits per heavy atom. The summed E-state index contributed by atoms with van der Waals surface area (Å²) in [7, 11) is 1.62. The van der Waals surface area contributed by atoms with E-state index in [1.807, 2.05) is 53.9 Å². The number of aromatic nitrogens is 1. The van der Waals surface area contributed by atoms with E-state index < -0.39 is 22.9 Å². The standard InChI is InChI=1S/C28H24N4O4S/c1-36-19-12-10-17(11-13-19)14-18-15-37-26(30-18)31-25(33)27(29)16-28(32(34)35)22-8-4-2-6-20(22)24(27)21-7-3-5-9-23(21)28/h2-13,15,24H,14,16,29H2,1H3,(H,30,31,33). The van der Waals surface area contributed by atoms with Crippen LogP contribution in [0.2, 0.25) is 0 Å². The molecule has 0 spiro atoms. The number of rotatable bonds is 6. The number of methoxy groups -OCH3 is 1. The molecule has 0 fully saturated rings. The lowest BCUT2D eigenvalue weighted by Crippen LogP contribution is -2.66. The molecule has 1 amide bonds. The van der Waals surface area contributed by atoms with E-state index in [0.29, 0.717) is 22.7 Å². The first-order valence-corrected chi connectivity index (χ1v) is 12.8. The largest absolute Gasteiger partial charge is 0.497 e. The van der Waals surface area contributed by atoms with E-state index in [-0.39, 0.29) is 11.3 Å². The molecular formula is C28H24N4O4S. The highest BCUT2D eigenvalue weighted by atomic mass is 32.1. The Bertz CT molecular complexity index is 1490. The van der Waals surface area contributed by atoms with Crippen molar-refractivity contribution in [3.05, 3.63) is 122 Å². The molecule has 4 aromatic rings. The molecule has 9 heteroatoms. The van der Waals surface area contributed by atoms with Gasteiger partial charge in [0, 0.05) is 33.8 Å². The summed E-state index contributed by atoms with van der Waals surface area (Å²) in [5.74, 6) is -0.209. The van der Waals surface area contributed by atoms with Gasteiger partial charge in [0.25, 0.3) is 5.54 Å². The van der Waals surface area contributed by atoms with E-state index in [1.54, 1.807) is 31.4 Å². The Balaban J connectivity index is 1.33. The fourth-order valence-corrected chi connectivity index (χ4v) is 6.62. The van der Waals surface area contributed by atoms with E-state index in [4.69, 9.17) is 10.5 Å². The molecule has 3 aromatic carbocycles. The zero-order chi connectivity index (χ0) is 25.8. The first kappa shape index (κ1) is 23.3.